The molecular weight excluding hydrogens is 283 g/mol. The predicted octanol–water partition coefficient (Wildman–Crippen LogP) is 4.11. The normalized spacial score (nSPS) is 11.1. The molecule has 2 nitrogen and oxygen atoms in total. The maximum atomic E-state index is 12.9. The van der Waals surface area contributed by atoms with E-state index in [-0.39, 0.29) is 5.82 Å². The molecule has 1 aromatic heterocycles. The zero-order valence-corrected chi connectivity index (χ0v) is 11.4. The summed E-state index contributed by atoms with van der Waals surface area (Å²) in [4.78, 5) is 0. The number of hydrogen-bond acceptors (Lipinski definition) is 1. The average Bonchev–Trinajstić information content (AvgIpc) is 2.61. The molecule has 4 heteroatoms. The highest BCUT2D eigenvalue weighted by Gasteiger charge is 2.12. The van der Waals surface area contributed by atoms with Crippen molar-refractivity contribution in [3.63, 3.8) is 0 Å². The van der Waals surface area contributed by atoms with Crippen LogP contribution in [0.1, 0.15) is 13.8 Å². The summed E-state index contributed by atoms with van der Waals surface area (Å²) in [6.45, 7) is 5.13. The van der Waals surface area contributed by atoms with Gasteiger partial charge in [-0.2, -0.15) is 5.10 Å². The Kier molecular flexibility index (Phi) is 3.62. The van der Waals surface area contributed by atoms with Crippen LogP contribution >= 0.6 is 15.9 Å². The summed E-state index contributed by atoms with van der Waals surface area (Å²) in [7, 11) is 0. The van der Waals surface area contributed by atoms with Gasteiger partial charge in [0.05, 0.1) is 16.4 Å². The quantitative estimate of drug-likeness (QED) is 0.833. The minimum atomic E-state index is -0.222. The van der Waals surface area contributed by atoms with Gasteiger partial charge in [0.2, 0.25) is 0 Å². The predicted molar refractivity (Wildman–Crippen MR) is 70.2 cm³/mol. The lowest BCUT2D eigenvalue weighted by atomic mass is 10.1. The fraction of sp³-hybridized carbons (Fsp3) is 0.308. The number of nitrogens with zero attached hydrogens (tertiary/aromatic N) is 2. The summed E-state index contributed by atoms with van der Waals surface area (Å²) in [6, 6.07) is 6.48. The second kappa shape index (κ2) is 5.00. The molecule has 0 saturated carbocycles. The summed E-state index contributed by atoms with van der Waals surface area (Å²) in [6.07, 6.45) is 1.78. The van der Waals surface area contributed by atoms with E-state index >= 15 is 0 Å². The third kappa shape index (κ3) is 2.75. The van der Waals surface area contributed by atoms with Crippen molar-refractivity contribution >= 4 is 15.9 Å². The highest BCUT2D eigenvalue weighted by molar-refractivity contribution is 9.10. The van der Waals surface area contributed by atoms with Crippen molar-refractivity contribution in [2.75, 3.05) is 0 Å². The van der Waals surface area contributed by atoms with Gasteiger partial charge in [0, 0.05) is 12.1 Å². The molecule has 0 saturated heterocycles. The molecule has 17 heavy (non-hydrogen) atoms. The van der Waals surface area contributed by atoms with Gasteiger partial charge in [-0.05, 0) is 46.1 Å². The SMILES string of the molecule is CC(C)Cn1ncc(Br)c1-c1ccc(F)cc1. The third-order valence-electron chi connectivity index (χ3n) is 2.45. The Bertz CT molecular complexity index is 503. The molecule has 0 radical (unpaired) electrons. The summed E-state index contributed by atoms with van der Waals surface area (Å²) in [5.41, 5.74) is 1.97. The number of aromatic nitrogens is 2. The van der Waals surface area contributed by atoms with Crippen molar-refractivity contribution in [1.29, 1.82) is 0 Å². The molecule has 0 amide bonds. The average molecular weight is 297 g/mol. The first-order valence-electron chi connectivity index (χ1n) is 5.55. The zero-order valence-electron chi connectivity index (χ0n) is 9.82. The Labute approximate surface area is 109 Å². The van der Waals surface area contributed by atoms with Crippen molar-refractivity contribution < 1.29 is 4.39 Å². The van der Waals surface area contributed by atoms with Crippen LogP contribution in [-0.4, -0.2) is 9.78 Å². The highest BCUT2D eigenvalue weighted by Crippen LogP contribution is 2.28. The van der Waals surface area contributed by atoms with E-state index in [1.54, 1.807) is 18.3 Å². The van der Waals surface area contributed by atoms with Crippen molar-refractivity contribution in [3.05, 3.63) is 40.8 Å². The first-order valence-corrected chi connectivity index (χ1v) is 6.34. The fourth-order valence-electron chi connectivity index (χ4n) is 1.74. The molecule has 0 atom stereocenters. The van der Waals surface area contributed by atoms with Crippen molar-refractivity contribution in [1.82, 2.24) is 9.78 Å². The van der Waals surface area contributed by atoms with Crippen LogP contribution in [0.3, 0.4) is 0 Å². The zero-order chi connectivity index (χ0) is 12.4. The first-order chi connectivity index (χ1) is 8.08. The lowest BCUT2D eigenvalue weighted by Crippen LogP contribution is -2.07. The van der Waals surface area contributed by atoms with E-state index in [4.69, 9.17) is 0 Å². The molecule has 0 aliphatic rings. The molecular formula is C13H14BrFN2. The van der Waals surface area contributed by atoms with Crippen LogP contribution in [0, 0.1) is 11.7 Å². The Morgan fingerprint density at radius 1 is 1.29 bits per heavy atom. The van der Waals surface area contributed by atoms with Crippen LogP contribution in [0.2, 0.25) is 0 Å². The molecule has 90 valence electrons. The van der Waals surface area contributed by atoms with Crippen LogP contribution in [0.4, 0.5) is 4.39 Å². The number of rotatable bonds is 3. The first kappa shape index (κ1) is 12.3. The van der Waals surface area contributed by atoms with E-state index in [1.807, 2.05) is 4.68 Å². The van der Waals surface area contributed by atoms with Gasteiger partial charge in [0.25, 0.3) is 0 Å². The largest absolute Gasteiger partial charge is 0.263 e. The molecule has 1 heterocycles. The lowest BCUT2D eigenvalue weighted by Gasteiger charge is -2.10. The topological polar surface area (TPSA) is 17.8 Å². The van der Waals surface area contributed by atoms with Crippen LogP contribution in [-0.2, 0) is 6.54 Å². The van der Waals surface area contributed by atoms with Crippen LogP contribution in [0.25, 0.3) is 11.3 Å². The minimum absolute atomic E-state index is 0.222. The number of hydrogen-bond donors (Lipinski definition) is 0. The molecule has 0 spiro atoms. The van der Waals surface area contributed by atoms with Gasteiger partial charge in [0.15, 0.2) is 0 Å². The van der Waals surface area contributed by atoms with Gasteiger partial charge in [-0.3, -0.25) is 4.68 Å². The Hall–Kier alpha value is -1.16. The van der Waals surface area contributed by atoms with Gasteiger partial charge in [0.1, 0.15) is 5.82 Å². The monoisotopic (exact) mass is 296 g/mol. The van der Waals surface area contributed by atoms with Crippen LogP contribution in [0.15, 0.2) is 34.9 Å². The minimum Gasteiger partial charge on any atom is -0.263 e. The summed E-state index contributed by atoms with van der Waals surface area (Å²) in [5, 5.41) is 4.33. The van der Waals surface area contributed by atoms with Gasteiger partial charge >= 0.3 is 0 Å². The summed E-state index contributed by atoms with van der Waals surface area (Å²) < 4.78 is 15.8. The molecule has 0 aliphatic carbocycles. The second-order valence-corrected chi connectivity index (χ2v) is 5.28. The van der Waals surface area contributed by atoms with E-state index in [0.717, 1.165) is 22.3 Å². The Morgan fingerprint density at radius 3 is 2.53 bits per heavy atom. The molecule has 1 aromatic carbocycles. The van der Waals surface area contributed by atoms with E-state index in [9.17, 15) is 4.39 Å². The smallest absolute Gasteiger partial charge is 0.123 e. The Balaban J connectivity index is 2.43. The van der Waals surface area contributed by atoms with Crippen LogP contribution < -0.4 is 0 Å². The van der Waals surface area contributed by atoms with E-state index in [1.165, 1.54) is 12.1 Å². The van der Waals surface area contributed by atoms with E-state index in [2.05, 4.69) is 34.9 Å². The van der Waals surface area contributed by atoms with Crippen molar-refractivity contribution in [3.8, 4) is 11.3 Å². The van der Waals surface area contributed by atoms with Gasteiger partial charge in [-0.1, -0.05) is 13.8 Å². The molecule has 0 N–H and O–H groups in total. The second-order valence-electron chi connectivity index (χ2n) is 4.42. The summed E-state index contributed by atoms with van der Waals surface area (Å²) in [5.74, 6) is 0.292. The highest BCUT2D eigenvalue weighted by atomic mass is 79.9. The lowest BCUT2D eigenvalue weighted by molar-refractivity contribution is 0.487. The van der Waals surface area contributed by atoms with Gasteiger partial charge in [-0.15, -0.1) is 0 Å². The standard InChI is InChI=1S/C13H14BrFN2/c1-9(2)8-17-13(12(14)7-16-17)10-3-5-11(15)6-4-10/h3-7,9H,8H2,1-2H3. The molecule has 0 bridgehead atoms. The van der Waals surface area contributed by atoms with E-state index < -0.39 is 0 Å². The number of halogens is 2. The molecule has 0 fully saturated rings. The Morgan fingerprint density at radius 2 is 1.94 bits per heavy atom. The van der Waals surface area contributed by atoms with Crippen molar-refractivity contribution in [2.24, 2.45) is 5.92 Å². The maximum Gasteiger partial charge on any atom is 0.123 e. The molecule has 2 aromatic rings. The van der Waals surface area contributed by atoms with E-state index in [0.29, 0.717) is 5.92 Å². The molecule has 0 unspecified atom stereocenters. The van der Waals surface area contributed by atoms with Gasteiger partial charge in [-0.25, -0.2) is 4.39 Å². The molecule has 0 aliphatic heterocycles. The number of benzene rings is 1. The summed E-state index contributed by atoms with van der Waals surface area (Å²) >= 11 is 3.49. The maximum absolute atomic E-state index is 12.9. The fourth-order valence-corrected chi connectivity index (χ4v) is 2.27. The van der Waals surface area contributed by atoms with Crippen LogP contribution in [0.5, 0.6) is 0 Å². The molecule has 2 rings (SSSR count). The third-order valence-corrected chi connectivity index (χ3v) is 3.03. The van der Waals surface area contributed by atoms with Gasteiger partial charge < -0.3 is 0 Å². The van der Waals surface area contributed by atoms with Crippen molar-refractivity contribution in [2.45, 2.75) is 20.4 Å².